The Kier molecular flexibility index (Phi) is 5.90. The van der Waals surface area contributed by atoms with Gasteiger partial charge in [-0.2, -0.15) is 0 Å². The molecule has 0 bridgehead atoms. The standard InChI is InChI=1S/C15H13Cl2NO5/c1-21-10-5-6-14(13(9-10)18(19)20)22-7-8-23-15-11(16)3-2-4-12(15)17/h2-6,9H,7-8H2,1H3. The van der Waals surface area contributed by atoms with E-state index in [0.29, 0.717) is 21.5 Å². The summed E-state index contributed by atoms with van der Waals surface area (Å²) in [6.07, 6.45) is 0. The molecule has 0 saturated carbocycles. The lowest BCUT2D eigenvalue weighted by atomic mass is 10.3. The number of benzene rings is 2. The van der Waals surface area contributed by atoms with Gasteiger partial charge in [0, 0.05) is 0 Å². The van der Waals surface area contributed by atoms with Gasteiger partial charge in [-0.25, -0.2) is 0 Å². The minimum atomic E-state index is -0.538. The van der Waals surface area contributed by atoms with Gasteiger partial charge < -0.3 is 14.2 Å². The summed E-state index contributed by atoms with van der Waals surface area (Å²) in [5, 5.41) is 11.8. The predicted octanol–water partition coefficient (Wildman–Crippen LogP) is 4.37. The Morgan fingerprint density at radius 1 is 1.09 bits per heavy atom. The van der Waals surface area contributed by atoms with Crippen molar-refractivity contribution in [2.24, 2.45) is 0 Å². The lowest BCUT2D eigenvalue weighted by Gasteiger charge is -2.11. The molecule has 122 valence electrons. The van der Waals surface area contributed by atoms with Gasteiger partial charge in [0.15, 0.2) is 11.5 Å². The van der Waals surface area contributed by atoms with Gasteiger partial charge in [-0.05, 0) is 24.3 Å². The Hall–Kier alpha value is -2.18. The van der Waals surface area contributed by atoms with E-state index in [2.05, 4.69) is 0 Å². The van der Waals surface area contributed by atoms with Crippen LogP contribution in [0.15, 0.2) is 36.4 Å². The Labute approximate surface area is 142 Å². The zero-order valence-corrected chi connectivity index (χ0v) is 13.6. The molecule has 0 radical (unpaired) electrons. The molecule has 2 aromatic rings. The highest BCUT2D eigenvalue weighted by molar-refractivity contribution is 6.37. The van der Waals surface area contributed by atoms with Gasteiger partial charge in [0.25, 0.3) is 0 Å². The lowest BCUT2D eigenvalue weighted by molar-refractivity contribution is -0.385. The molecule has 0 saturated heterocycles. The second-order valence-electron chi connectivity index (χ2n) is 4.34. The van der Waals surface area contributed by atoms with Crippen molar-refractivity contribution in [1.82, 2.24) is 0 Å². The third kappa shape index (κ3) is 4.40. The number of nitro groups is 1. The van der Waals surface area contributed by atoms with Crippen LogP contribution < -0.4 is 14.2 Å². The molecule has 0 fully saturated rings. The average Bonchev–Trinajstić information content (AvgIpc) is 2.53. The Morgan fingerprint density at radius 2 is 1.74 bits per heavy atom. The van der Waals surface area contributed by atoms with Gasteiger partial charge in [-0.3, -0.25) is 10.1 Å². The summed E-state index contributed by atoms with van der Waals surface area (Å²) in [7, 11) is 1.43. The summed E-state index contributed by atoms with van der Waals surface area (Å²) in [6, 6.07) is 9.35. The normalized spacial score (nSPS) is 10.2. The van der Waals surface area contributed by atoms with Gasteiger partial charge in [-0.1, -0.05) is 29.3 Å². The largest absolute Gasteiger partial charge is 0.496 e. The maximum atomic E-state index is 11.0. The van der Waals surface area contributed by atoms with E-state index in [4.69, 9.17) is 37.4 Å². The van der Waals surface area contributed by atoms with E-state index < -0.39 is 4.92 Å². The number of hydrogen-bond acceptors (Lipinski definition) is 5. The smallest absolute Gasteiger partial charge is 0.314 e. The van der Waals surface area contributed by atoms with Crippen LogP contribution in [0.5, 0.6) is 17.2 Å². The van der Waals surface area contributed by atoms with E-state index in [0.717, 1.165) is 0 Å². The van der Waals surface area contributed by atoms with Crippen LogP contribution in [0.4, 0.5) is 5.69 Å². The number of halogens is 2. The van der Waals surface area contributed by atoms with Gasteiger partial charge in [0.1, 0.15) is 19.0 Å². The number of nitro benzene ring substituents is 1. The van der Waals surface area contributed by atoms with Crippen LogP contribution in [0.3, 0.4) is 0 Å². The van der Waals surface area contributed by atoms with Crippen molar-refractivity contribution in [3.8, 4) is 17.2 Å². The second-order valence-corrected chi connectivity index (χ2v) is 5.15. The van der Waals surface area contributed by atoms with Crippen LogP contribution in [-0.4, -0.2) is 25.2 Å². The van der Waals surface area contributed by atoms with E-state index in [-0.39, 0.29) is 24.7 Å². The molecular weight excluding hydrogens is 345 g/mol. The molecule has 6 nitrogen and oxygen atoms in total. The molecule has 8 heteroatoms. The molecule has 0 amide bonds. The van der Waals surface area contributed by atoms with E-state index >= 15 is 0 Å². The minimum Gasteiger partial charge on any atom is -0.496 e. The zero-order valence-electron chi connectivity index (χ0n) is 12.1. The van der Waals surface area contributed by atoms with E-state index in [1.165, 1.54) is 19.2 Å². The van der Waals surface area contributed by atoms with Crippen LogP contribution in [0.2, 0.25) is 10.0 Å². The fraction of sp³-hybridized carbons (Fsp3) is 0.200. The van der Waals surface area contributed by atoms with Crippen LogP contribution in [-0.2, 0) is 0 Å². The average molecular weight is 358 g/mol. The molecule has 0 heterocycles. The number of ether oxygens (including phenoxy) is 3. The molecule has 0 aliphatic rings. The number of hydrogen-bond donors (Lipinski definition) is 0. The summed E-state index contributed by atoms with van der Waals surface area (Å²) in [5.41, 5.74) is -0.180. The van der Waals surface area contributed by atoms with Crippen LogP contribution >= 0.6 is 23.2 Å². The molecule has 0 aliphatic carbocycles. The summed E-state index contributed by atoms with van der Waals surface area (Å²) >= 11 is 11.9. The third-order valence-corrected chi connectivity index (χ3v) is 3.46. The first-order valence-electron chi connectivity index (χ1n) is 6.55. The highest BCUT2D eigenvalue weighted by Gasteiger charge is 2.16. The van der Waals surface area contributed by atoms with E-state index in [1.807, 2.05) is 0 Å². The first-order chi connectivity index (χ1) is 11.0. The number of para-hydroxylation sites is 1. The minimum absolute atomic E-state index is 0.0920. The van der Waals surface area contributed by atoms with Crippen LogP contribution in [0.25, 0.3) is 0 Å². The molecule has 2 rings (SSSR count). The molecule has 0 N–H and O–H groups in total. The van der Waals surface area contributed by atoms with Crippen molar-refractivity contribution in [3.05, 3.63) is 56.6 Å². The van der Waals surface area contributed by atoms with Crippen LogP contribution in [0.1, 0.15) is 0 Å². The SMILES string of the molecule is COc1ccc(OCCOc2c(Cl)cccc2Cl)c([N+](=O)[O-])c1. The first-order valence-corrected chi connectivity index (χ1v) is 7.30. The molecule has 0 aliphatic heterocycles. The van der Waals surface area contributed by atoms with Gasteiger partial charge in [-0.15, -0.1) is 0 Å². The van der Waals surface area contributed by atoms with E-state index in [1.54, 1.807) is 24.3 Å². The van der Waals surface area contributed by atoms with Crippen molar-refractivity contribution >= 4 is 28.9 Å². The Balaban J connectivity index is 1.98. The maximum Gasteiger partial charge on any atom is 0.314 e. The summed E-state index contributed by atoms with van der Waals surface area (Å²) in [6.45, 7) is 0.224. The van der Waals surface area contributed by atoms with Crippen molar-refractivity contribution in [2.75, 3.05) is 20.3 Å². The lowest BCUT2D eigenvalue weighted by Crippen LogP contribution is -2.10. The van der Waals surface area contributed by atoms with Crippen molar-refractivity contribution in [3.63, 3.8) is 0 Å². The molecule has 0 atom stereocenters. The maximum absolute atomic E-state index is 11.0. The quantitative estimate of drug-likeness (QED) is 0.418. The monoisotopic (exact) mass is 357 g/mol. The number of nitrogens with zero attached hydrogens (tertiary/aromatic N) is 1. The molecule has 0 unspecified atom stereocenters. The topological polar surface area (TPSA) is 70.8 Å². The molecule has 23 heavy (non-hydrogen) atoms. The van der Waals surface area contributed by atoms with Gasteiger partial charge in [0.2, 0.25) is 0 Å². The Bertz CT molecular complexity index is 688. The fourth-order valence-electron chi connectivity index (χ4n) is 1.80. The molecular formula is C15H13Cl2NO5. The van der Waals surface area contributed by atoms with Crippen molar-refractivity contribution in [1.29, 1.82) is 0 Å². The highest BCUT2D eigenvalue weighted by atomic mass is 35.5. The van der Waals surface area contributed by atoms with Crippen molar-refractivity contribution < 1.29 is 19.1 Å². The summed E-state index contributed by atoms with van der Waals surface area (Å²) in [4.78, 5) is 10.5. The summed E-state index contributed by atoms with van der Waals surface area (Å²) < 4.78 is 15.8. The Morgan fingerprint density at radius 3 is 2.35 bits per heavy atom. The van der Waals surface area contributed by atoms with Crippen molar-refractivity contribution in [2.45, 2.75) is 0 Å². The fourth-order valence-corrected chi connectivity index (χ4v) is 2.31. The highest BCUT2D eigenvalue weighted by Crippen LogP contribution is 2.33. The van der Waals surface area contributed by atoms with Crippen LogP contribution in [0, 0.1) is 10.1 Å². The first kappa shape index (κ1) is 17.2. The second kappa shape index (κ2) is 7.89. The molecule has 2 aromatic carbocycles. The predicted molar refractivity (Wildman–Crippen MR) is 87.1 cm³/mol. The third-order valence-electron chi connectivity index (χ3n) is 2.87. The zero-order chi connectivity index (χ0) is 16.8. The van der Waals surface area contributed by atoms with Gasteiger partial charge in [0.05, 0.1) is 28.1 Å². The van der Waals surface area contributed by atoms with Gasteiger partial charge >= 0.3 is 5.69 Å². The molecule has 0 spiro atoms. The molecule has 0 aromatic heterocycles. The summed E-state index contributed by atoms with van der Waals surface area (Å²) in [5.74, 6) is 0.858. The number of rotatable bonds is 7. The van der Waals surface area contributed by atoms with E-state index in [9.17, 15) is 10.1 Å². The number of methoxy groups -OCH3 is 1.